The molecule has 28 heavy (non-hydrogen) atoms. The second-order valence-electron chi connectivity index (χ2n) is 6.53. The fourth-order valence-electron chi connectivity index (χ4n) is 3.08. The first kappa shape index (κ1) is 17.9. The average molecular weight is 372 g/mol. The van der Waals surface area contributed by atoms with E-state index in [1.54, 1.807) is 6.20 Å². The molecule has 1 aromatic carbocycles. The van der Waals surface area contributed by atoms with Gasteiger partial charge in [-0.25, -0.2) is 15.0 Å². The van der Waals surface area contributed by atoms with Crippen LogP contribution in [0.5, 0.6) is 5.88 Å². The molecule has 0 spiro atoms. The molecule has 0 unspecified atom stereocenters. The Bertz CT molecular complexity index is 1040. The van der Waals surface area contributed by atoms with Crippen molar-refractivity contribution in [1.29, 1.82) is 0 Å². The normalized spacial score (nSPS) is 13.4. The zero-order chi connectivity index (χ0) is 19.2. The number of carbonyl (C=O) groups excluding carboxylic acids is 1. The Morgan fingerprint density at radius 3 is 2.79 bits per heavy atom. The number of ether oxygens (including phenoxy) is 1. The summed E-state index contributed by atoms with van der Waals surface area (Å²) in [5.74, 6) is 6.78. The monoisotopic (exact) mass is 372 g/mol. The second kappa shape index (κ2) is 8.49. The lowest BCUT2D eigenvalue weighted by Crippen LogP contribution is -2.26. The standard InChI is InChI=1S/C22H20N4O2/c27-20-10-5-14-26(20)15-6-16-28-22-19(12-11-17-7-2-1-3-8-17)24-21-18(25-22)9-4-13-23-21/h1-4,7-9,13H,5-6,10,14-16H2. The van der Waals surface area contributed by atoms with E-state index in [4.69, 9.17) is 4.74 Å². The molecule has 0 saturated carbocycles. The van der Waals surface area contributed by atoms with Gasteiger partial charge in [0.05, 0.1) is 6.61 Å². The predicted octanol–water partition coefficient (Wildman–Crippen LogP) is 2.82. The number of likely N-dealkylation sites (tertiary alicyclic amines) is 1. The molecule has 0 N–H and O–H groups in total. The summed E-state index contributed by atoms with van der Waals surface area (Å²) in [6, 6.07) is 13.4. The minimum atomic E-state index is 0.228. The predicted molar refractivity (Wildman–Crippen MR) is 106 cm³/mol. The Labute approximate surface area is 163 Å². The van der Waals surface area contributed by atoms with E-state index in [9.17, 15) is 4.79 Å². The molecule has 0 radical (unpaired) electrons. The van der Waals surface area contributed by atoms with Gasteiger partial charge in [-0.15, -0.1) is 0 Å². The minimum Gasteiger partial charge on any atom is -0.476 e. The third-order valence-corrected chi connectivity index (χ3v) is 4.49. The van der Waals surface area contributed by atoms with Crippen LogP contribution in [0, 0.1) is 11.8 Å². The lowest BCUT2D eigenvalue weighted by Gasteiger charge is -2.15. The zero-order valence-electron chi connectivity index (χ0n) is 15.5. The SMILES string of the molecule is O=C1CCCN1CCCOc1nc2cccnc2nc1C#Cc1ccccc1. The van der Waals surface area contributed by atoms with Crippen LogP contribution in [0.4, 0.5) is 0 Å². The van der Waals surface area contributed by atoms with E-state index in [1.165, 1.54) is 0 Å². The highest BCUT2D eigenvalue weighted by Crippen LogP contribution is 2.18. The van der Waals surface area contributed by atoms with Crippen LogP contribution in [0.3, 0.4) is 0 Å². The van der Waals surface area contributed by atoms with Crippen LogP contribution in [0.2, 0.25) is 0 Å². The lowest BCUT2D eigenvalue weighted by molar-refractivity contribution is -0.127. The molecule has 1 aliphatic heterocycles. The summed E-state index contributed by atoms with van der Waals surface area (Å²) in [5.41, 5.74) is 2.56. The van der Waals surface area contributed by atoms with E-state index in [2.05, 4.69) is 26.8 Å². The molecule has 6 heteroatoms. The number of nitrogens with zero attached hydrogens (tertiary/aromatic N) is 4. The highest BCUT2D eigenvalue weighted by Gasteiger charge is 2.19. The third-order valence-electron chi connectivity index (χ3n) is 4.49. The maximum atomic E-state index is 11.7. The van der Waals surface area contributed by atoms with Gasteiger partial charge in [0.2, 0.25) is 11.8 Å². The van der Waals surface area contributed by atoms with Crippen molar-refractivity contribution in [2.75, 3.05) is 19.7 Å². The highest BCUT2D eigenvalue weighted by molar-refractivity contribution is 5.78. The number of amides is 1. The molecule has 6 nitrogen and oxygen atoms in total. The first-order valence-corrected chi connectivity index (χ1v) is 9.40. The maximum Gasteiger partial charge on any atom is 0.249 e. The molecule has 1 fully saturated rings. The van der Waals surface area contributed by atoms with Crippen molar-refractivity contribution in [3.63, 3.8) is 0 Å². The molecule has 4 rings (SSSR count). The Morgan fingerprint density at radius 2 is 1.96 bits per heavy atom. The van der Waals surface area contributed by atoms with Crippen LogP contribution in [-0.4, -0.2) is 45.5 Å². The number of hydrogen-bond donors (Lipinski definition) is 0. The molecule has 3 heterocycles. The number of fused-ring (bicyclic) bond motifs is 1. The maximum absolute atomic E-state index is 11.7. The van der Waals surface area contributed by atoms with Gasteiger partial charge in [-0.2, -0.15) is 0 Å². The van der Waals surface area contributed by atoms with Crippen molar-refractivity contribution in [3.8, 4) is 17.7 Å². The summed E-state index contributed by atoms with van der Waals surface area (Å²) in [6.45, 7) is 1.99. The zero-order valence-corrected chi connectivity index (χ0v) is 15.5. The van der Waals surface area contributed by atoms with Crippen LogP contribution >= 0.6 is 0 Å². The number of hydrogen-bond acceptors (Lipinski definition) is 5. The first-order valence-electron chi connectivity index (χ1n) is 9.40. The fourth-order valence-corrected chi connectivity index (χ4v) is 3.08. The number of carbonyl (C=O) groups is 1. The number of benzene rings is 1. The summed E-state index contributed by atoms with van der Waals surface area (Å²) in [7, 11) is 0. The Hall–Kier alpha value is -3.46. The molecular weight excluding hydrogens is 352 g/mol. The van der Waals surface area contributed by atoms with E-state index < -0.39 is 0 Å². The summed E-state index contributed by atoms with van der Waals surface area (Å²) in [5, 5.41) is 0. The van der Waals surface area contributed by atoms with E-state index in [-0.39, 0.29) is 5.91 Å². The second-order valence-corrected chi connectivity index (χ2v) is 6.53. The number of rotatable bonds is 5. The lowest BCUT2D eigenvalue weighted by atomic mass is 10.2. The molecule has 0 atom stereocenters. The largest absolute Gasteiger partial charge is 0.476 e. The highest BCUT2D eigenvalue weighted by atomic mass is 16.5. The summed E-state index contributed by atoms with van der Waals surface area (Å²) >= 11 is 0. The van der Waals surface area contributed by atoms with Crippen molar-refractivity contribution in [2.45, 2.75) is 19.3 Å². The van der Waals surface area contributed by atoms with Gasteiger partial charge < -0.3 is 9.64 Å². The summed E-state index contributed by atoms with van der Waals surface area (Å²) < 4.78 is 5.89. The molecule has 1 aliphatic rings. The third kappa shape index (κ3) is 4.26. The fraction of sp³-hybridized carbons (Fsp3) is 0.273. The van der Waals surface area contributed by atoms with Crippen molar-refractivity contribution in [2.24, 2.45) is 0 Å². The van der Waals surface area contributed by atoms with Crippen molar-refractivity contribution >= 4 is 17.1 Å². The van der Waals surface area contributed by atoms with E-state index in [0.29, 0.717) is 42.3 Å². The van der Waals surface area contributed by atoms with Gasteiger partial charge in [0.1, 0.15) is 5.52 Å². The van der Waals surface area contributed by atoms with Crippen molar-refractivity contribution in [1.82, 2.24) is 19.9 Å². The van der Waals surface area contributed by atoms with Gasteiger partial charge in [-0.3, -0.25) is 4.79 Å². The van der Waals surface area contributed by atoms with Crippen molar-refractivity contribution in [3.05, 3.63) is 59.9 Å². The van der Waals surface area contributed by atoms with Gasteiger partial charge in [-0.05, 0) is 43.0 Å². The minimum absolute atomic E-state index is 0.228. The Morgan fingerprint density at radius 1 is 1.07 bits per heavy atom. The van der Waals surface area contributed by atoms with Gasteiger partial charge >= 0.3 is 0 Å². The summed E-state index contributed by atoms with van der Waals surface area (Å²) in [6.07, 6.45) is 4.02. The summed E-state index contributed by atoms with van der Waals surface area (Å²) in [4.78, 5) is 26.9. The van der Waals surface area contributed by atoms with Gasteiger partial charge in [0.15, 0.2) is 11.3 Å². The quantitative estimate of drug-likeness (QED) is 0.509. The molecule has 0 aliphatic carbocycles. The van der Waals surface area contributed by atoms with Crippen LogP contribution in [-0.2, 0) is 4.79 Å². The van der Waals surface area contributed by atoms with Crippen LogP contribution in [0.25, 0.3) is 11.2 Å². The van der Waals surface area contributed by atoms with Gasteiger partial charge in [0, 0.05) is 31.3 Å². The topological polar surface area (TPSA) is 68.2 Å². The molecular formula is C22H20N4O2. The Kier molecular flexibility index (Phi) is 5.43. The molecule has 0 bridgehead atoms. The van der Waals surface area contributed by atoms with Crippen LogP contribution < -0.4 is 4.74 Å². The van der Waals surface area contributed by atoms with Crippen LogP contribution in [0.1, 0.15) is 30.5 Å². The van der Waals surface area contributed by atoms with E-state index in [1.807, 2.05) is 47.4 Å². The molecule has 140 valence electrons. The van der Waals surface area contributed by atoms with Crippen molar-refractivity contribution < 1.29 is 9.53 Å². The smallest absolute Gasteiger partial charge is 0.249 e. The molecule has 1 saturated heterocycles. The number of pyridine rings is 1. The number of aromatic nitrogens is 3. The Balaban J connectivity index is 1.51. The van der Waals surface area contributed by atoms with E-state index in [0.717, 1.165) is 24.9 Å². The van der Waals surface area contributed by atoms with Gasteiger partial charge in [0.25, 0.3) is 0 Å². The van der Waals surface area contributed by atoms with E-state index >= 15 is 0 Å². The molecule has 3 aromatic rings. The van der Waals surface area contributed by atoms with Gasteiger partial charge in [-0.1, -0.05) is 24.1 Å². The molecule has 1 amide bonds. The average Bonchev–Trinajstić information content (AvgIpc) is 3.15. The first-order chi connectivity index (χ1) is 13.8. The van der Waals surface area contributed by atoms with Crippen LogP contribution in [0.15, 0.2) is 48.7 Å². The molecule has 2 aromatic heterocycles.